The van der Waals surface area contributed by atoms with E-state index in [0.717, 1.165) is 37.2 Å². The average Bonchev–Trinajstić information content (AvgIpc) is 2.75. The Kier molecular flexibility index (Phi) is 6.15. The number of aromatic amines is 1. The lowest BCUT2D eigenvalue weighted by molar-refractivity contribution is 0.140. The van der Waals surface area contributed by atoms with Crippen molar-refractivity contribution >= 4 is 0 Å². The van der Waals surface area contributed by atoms with E-state index in [1.54, 1.807) is 6.07 Å². The number of likely N-dealkylation sites (tertiary alicyclic amines) is 1. The lowest BCUT2D eigenvalue weighted by Gasteiger charge is -2.36. The van der Waals surface area contributed by atoms with Crippen LogP contribution in [0.4, 0.5) is 0 Å². The molecule has 1 aliphatic heterocycles. The van der Waals surface area contributed by atoms with Gasteiger partial charge in [-0.25, -0.2) is 4.98 Å². The largest absolute Gasteiger partial charge is 0.307 e. The first-order valence-corrected chi connectivity index (χ1v) is 10.6. The van der Waals surface area contributed by atoms with Crippen molar-refractivity contribution < 1.29 is 0 Å². The number of nitrogens with zero attached hydrogens (tertiary/aromatic N) is 3. The highest BCUT2D eigenvalue weighted by molar-refractivity contribution is 5.55. The van der Waals surface area contributed by atoms with Gasteiger partial charge in [0.2, 0.25) is 0 Å². The van der Waals surface area contributed by atoms with E-state index >= 15 is 0 Å². The number of rotatable bonds is 6. The third kappa shape index (κ3) is 4.80. The molecule has 5 nitrogen and oxygen atoms in total. The normalized spacial score (nSPS) is 17.3. The van der Waals surface area contributed by atoms with E-state index in [2.05, 4.69) is 57.1 Å². The molecule has 1 N–H and O–H groups in total. The van der Waals surface area contributed by atoms with Crippen LogP contribution in [0, 0.1) is 0 Å². The second kappa shape index (κ2) is 9.14. The van der Waals surface area contributed by atoms with Gasteiger partial charge in [0.05, 0.1) is 0 Å². The molecule has 1 saturated heterocycles. The van der Waals surface area contributed by atoms with Crippen LogP contribution in [0.25, 0.3) is 11.4 Å². The van der Waals surface area contributed by atoms with Crippen molar-refractivity contribution in [2.24, 2.45) is 0 Å². The third-order valence-electron chi connectivity index (χ3n) is 5.60. The van der Waals surface area contributed by atoms with Crippen molar-refractivity contribution in [2.45, 2.75) is 51.6 Å². The number of aryl methyl sites for hydroxylation is 1. The SMILES string of the molecule is CCCc1cc(=O)[nH]c(-c2ccc(CN3CCCCC3c3cccnc3)cc2)n1. The van der Waals surface area contributed by atoms with E-state index in [-0.39, 0.29) is 5.56 Å². The van der Waals surface area contributed by atoms with Gasteiger partial charge in [0.25, 0.3) is 5.56 Å². The van der Waals surface area contributed by atoms with Crippen LogP contribution in [-0.2, 0) is 13.0 Å². The number of H-pyrrole nitrogens is 1. The lowest BCUT2D eigenvalue weighted by atomic mass is 9.95. The summed E-state index contributed by atoms with van der Waals surface area (Å²) < 4.78 is 0. The van der Waals surface area contributed by atoms with Gasteiger partial charge < -0.3 is 4.98 Å². The Morgan fingerprint density at radius 3 is 2.79 bits per heavy atom. The molecule has 1 fully saturated rings. The Bertz CT molecular complexity index is 982. The quantitative estimate of drug-likeness (QED) is 0.675. The second-order valence-corrected chi connectivity index (χ2v) is 7.80. The van der Waals surface area contributed by atoms with Gasteiger partial charge in [0.1, 0.15) is 5.82 Å². The maximum atomic E-state index is 12.0. The summed E-state index contributed by atoms with van der Waals surface area (Å²) in [6.07, 6.45) is 9.31. The average molecular weight is 389 g/mol. The molecule has 0 amide bonds. The van der Waals surface area contributed by atoms with Gasteiger partial charge in [-0.3, -0.25) is 14.7 Å². The molecule has 0 bridgehead atoms. The highest BCUT2D eigenvalue weighted by Gasteiger charge is 2.24. The van der Waals surface area contributed by atoms with Crippen LogP contribution in [-0.4, -0.2) is 26.4 Å². The van der Waals surface area contributed by atoms with Gasteiger partial charge in [0, 0.05) is 42.3 Å². The Hall–Kier alpha value is -2.79. The molecule has 1 aliphatic rings. The van der Waals surface area contributed by atoms with Crippen LogP contribution in [0.2, 0.25) is 0 Å². The fourth-order valence-electron chi connectivity index (χ4n) is 4.16. The zero-order chi connectivity index (χ0) is 20.1. The third-order valence-corrected chi connectivity index (χ3v) is 5.60. The van der Waals surface area contributed by atoms with Crippen LogP contribution < -0.4 is 5.56 Å². The van der Waals surface area contributed by atoms with Crippen molar-refractivity contribution in [3.63, 3.8) is 0 Å². The summed E-state index contributed by atoms with van der Waals surface area (Å²) in [5, 5.41) is 0. The Labute approximate surface area is 171 Å². The van der Waals surface area contributed by atoms with Crippen LogP contribution >= 0.6 is 0 Å². The number of benzene rings is 1. The minimum Gasteiger partial charge on any atom is -0.307 e. The van der Waals surface area contributed by atoms with Crippen molar-refractivity contribution in [3.05, 3.63) is 82.0 Å². The number of hydrogen-bond donors (Lipinski definition) is 1. The second-order valence-electron chi connectivity index (χ2n) is 7.80. The molecule has 1 unspecified atom stereocenters. The molecule has 2 aromatic heterocycles. The topological polar surface area (TPSA) is 61.9 Å². The zero-order valence-electron chi connectivity index (χ0n) is 17.0. The first kappa shape index (κ1) is 19.5. The van der Waals surface area contributed by atoms with Crippen LogP contribution in [0.5, 0.6) is 0 Å². The fraction of sp³-hybridized carbons (Fsp3) is 0.375. The molecule has 3 heterocycles. The van der Waals surface area contributed by atoms with E-state index in [1.165, 1.54) is 30.4 Å². The van der Waals surface area contributed by atoms with E-state index in [4.69, 9.17) is 0 Å². The molecule has 29 heavy (non-hydrogen) atoms. The Morgan fingerprint density at radius 2 is 2.03 bits per heavy atom. The van der Waals surface area contributed by atoms with E-state index in [0.29, 0.717) is 11.9 Å². The molecular formula is C24H28N4O. The maximum absolute atomic E-state index is 12.0. The summed E-state index contributed by atoms with van der Waals surface area (Å²) in [6, 6.07) is 14.7. The zero-order valence-corrected chi connectivity index (χ0v) is 17.0. The fourth-order valence-corrected chi connectivity index (χ4v) is 4.16. The van der Waals surface area contributed by atoms with E-state index in [1.807, 2.05) is 18.5 Å². The maximum Gasteiger partial charge on any atom is 0.251 e. The molecule has 4 rings (SSSR count). The molecule has 0 saturated carbocycles. The van der Waals surface area contributed by atoms with Crippen LogP contribution in [0.1, 0.15) is 55.5 Å². The van der Waals surface area contributed by atoms with Crippen molar-refractivity contribution in [1.29, 1.82) is 0 Å². The van der Waals surface area contributed by atoms with Crippen LogP contribution in [0.3, 0.4) is 0 Å². The predicted octanol–water partition coefficient (Wildman–Crippen LogP) is 4.51. The summed E-state index contributed by atoms with van der Waals surface area (Å²) in [6.45, 7) is 4.12. The number of pyridine rings is 1. The van der Waals surface area contributed by atoms with E-state index in [9.17, 15) is 4.79 Å². The molecular weight excluding hydrogens is 360 g/mol. The summed E-state index contributed by atoms with van der Waals surface area (Å²) in [4.78, 5) is 26.3. The lowest BCUT2D eigenvalue weighted by Crippen LogP contribution is -2.32. The first-order chi connectivity index (χ1) is 14.2. The summed E-state index contributed by atoms with van der Waals surface area (Å²) in [7, 11) is 0. The highest BCUT2D eigenvalue weighted by Crippen LogP contribution is 2.31. The van der Waals surface area contributed by atoms with Gasteiger partial charge >= 0.3 is 0 Å². The number of piperidine rings is 1. The molecule has 150 valence electrons. The van der Waals surface area contributed by atoms with Gasteiger partial charge in [-0.15, -0.1) is 0 Å². The van der Waals surface area contributed by atoms with Gasteiger partial charge in [-0.1, -0.05) is 50.1 Å². The van der Waals surface area contributed by atoms with Crippen molar-refractivity contribution in [1.82, 2.24) is 19.9 Å². The molecule has 0 aliphatic carbocycles. The van der Waals surface area contributed by atoms with Gasteiger partial charge in [0.15, 0.2) is 0 Å². The molecule has 1 aromatic carbocycles. The molecule has 1 atom stereocenters. The summed E-state index contributed by atoms with van der Waals surface area (Å²) >= 11 is 0. The van der Waals surface area contributed by atoms with Crippen molar-refractivity contribution in [2.75, 3.05) is 6.54 Å². The molecule has 3 aromatic rings. The summed E-state index contributed by atoms with van der Waals surface area (Å²) in [5.74, 6) is 0.652. The smallest absolute Gasteiger partial charge is 0.251 e. The highest BCUT2D eigenvalue weighted by atomic mass is 16.1. The van der Waals surface area contributed by atoms with Gasteiger partial charge in [-0.2, -0.15) is 0 Å². The molecule has 0 radical (unpaired) electrons. The number of aromatic nitrogens is 3. The minimum atomic E-state index is -0.0878. The molecule has 5 heteroatoms. The van der Waals surface area contributed by atoms with Gasteiger partial charge in [-0.05, 0) is 43.0 Å². The number of hydrogen-bond acceptors (Lipinski definition) is 4. The Morgan fingerprint density at radius 1 is 1.17 bits per heavy atom. The standard InChI is InChI=1S/C24H28N4O/c1-2-6-21-15-23(29)27-24(26-21)19-11-9-18(10-12-19)17-28-14-4-3-8-22(28)20-7-5-13-25-16-20/h5,7,9-13,15-16,22H,2-4,6,8,14,17H2,1H3,(H,26,27,29). The van der Waals surface area contributed by atoms with Crippen LogP contribution in [0.15, 0.2) is 59.7 Å². The first-order valence-electron chi connectivity index (χ1n) is 10.6. The monoisotopic (exact) mass is 388 g/mol. The van der Waals surface area contributed by atoms with Crippen molar-refractivity contribution in [3.8, 4) is 11.4 Å². The predicted molar refractivity (Wildman–Crippen MR) is 116 cm³/mol. The summed E-state index contributed by atoms with van der Waals surface area (Å²) in [5.41, 5.74) is 4.29. The molecule has 0 spiro atoms. The van der Waals surface area contributed by atoms with E-state index < -0.39 is 0 Å². The minimum absolute atomic E-state index is 0.0878. The Balaban J connectivity index is 1.51. The number of nitrogens with one attached hydrogen (secondary N) is 1.